The fourth-order valence-corrected chi connectivity index (χ4v) is 2.38. The molecular formula is C11H11BrN2O. The third-order valence-electron chi connectivity index (χ3n) is 2.86. The molecule has 0 aromatic carbocycles. The highest BCUT2D eigenvalue weighted by molar-refractivity contribution is 9.10. The van der Waals surface area contributed by atoms with Crippen LogP contribution < -0.4 is 0 Å². The van der Waals surface area contributed by atoms with E-state index in [2.05, 4.69) is 32.2 Å². The molecule has 2 aromatic heterocycles. The molecule has 3 nitrogen and oxygen atoms in total. The van der Waals surface area contributed by atoms with E-state index in [-0.39, 0.29) is 0 Å². The molecule has 2 aromatic rings. The molecule has 0 radical (unpaired) electrons. The van der Waals surface area contributed by atoms with Crippen molar-refractivity contribution in [1.29, 1.82) is 0 Å². The highest BCUT2D eigenvalue weighted by Crippen LogP contribution is 2.24. The number of aryl methyl sites for hydroxylation is 1. The predicted molar refractivity (Wildman–Crippen MR) is 61.0 cm³/mol. The van der Waals surface area contributed by atoms with Crippen LogP contribution in [-0.2, 0) is 17.8 Å². The van der Waals surface area contributed by atoms with E-state index in [1.807, 2.05) is 12.1 Å². The lowest BCUT2D eigenvalue weighted by Gasteiger charge is -2.13. The van der Waals surface area contributed by atoms with Crippen LogP contribution in [0.4, 0.5) is 0 Å². The summed E-state index contributed by atoms with van der Waals surface area (Å²) in [6, 6.07) is 4.08. The number of imidazole rings is 1. The number of pyridine rings is 1. The van der Waals surface area contributed by atoms with Crippen LogP contribution in [0.25, 0.3) is 5.65 Å². The van der Waals surface area contributed by atoms with Crippen molar-refractivity contribution >= 4 is 21.6 Å². The lowest BCUT2D eigenvalue weighted by molar-refractivity contribution is 0.106. The molecule has 1 aliphatic rings. The zero-order chi connectivity index (χ0) is 10.4. The van der Waals surface area contributed by atoms with Gasteiger partial charge in [0.2, 0.25) is 0 Å². The number of hydrogen-bond acceptors (Lipinski definition) is 2. The Balaban J connectivity index is 2.39. The third-order valence-corrected chi connectivity index (χ3v) is 3.70. The van der Waals surface area contributed by atoms with Gasteiger partial charge < -0.3 is 4.74 Å². The van der Waals surface area contributed by atoms with Gasteiger partial charge in [-0.15, -0.1) is 0 Å². The van der Waals surface area contributed by atoms with Crippen LogP contribution in [0.2, 0.25) is 0 Å². The summed E-state index contributed by atoms with van der Waals surface area (Å²) in [5.74, 6) is 0. The zero-order valence-corrected chi connectivity index (χ0v) is 10.0. The standard InChI is InChI=1S/C11H11BrN2O/c1-7-8(12)2-3-11-13-9-4-5-15-6-10(9)14(7)11/h2-3H,4-6H2,1H3. The van der Waals surface area contributed by atoms with Gasteiger partial charge in [0.05, 0.1) is 24.6 Å². The SMILES string of the molecule is Cc1c(Br)ccc2nc3c(n12)COCC3. The first-order chi connectivity index (χ1) is 7.27. The predicted octanol–water partition coefficient (Wildman–Crippen LogP) is 2.48. The molecule has 0 unspecified atom stereocenters. The Labute approximate surface area is 96.2 Å². The average Bonchev–Trinajstić information content (AvgIpc) is 2.62. The van der Waals surface area contributed by atoms with Gasteiger partial charge in [-0.3, -0.25) is 4.40 Å². The normalized spacial score (nSPS) is 15.6. The fraction of sp³-hybridized carbons (Fsp3) is 0.364. The second kappa shape index (κ2) is 3.32. The van der Waals surface area contributed by atoms with Gasteiger partial charge in [0, 0.05) is 16.6 Å². The van der Waals surface area contributed by atoms with Gasteiger partial charge in [-0.2, -0.15) is 0 Å². The van der Waals surface area contributed by atoms with E-state index in [1.165, 1.54) is 17.1 Å². The molecule has 3 rings (SSSR count). The largest absolute Gasteiger partial charge is 0.375 e. The van der Waals surface area contributed by atoms with Crippen LogP contribution in [0.15, 0.2) is 16.6 Å². The maximum Gasteiger partial charge on any atom is 0.137 e. The van der Waals surface area contributed by atoms with E-state index in [0.717, 1.165) is 23.1 Å². The summed E-state index contributed by atoms with van der Waals surface area (Å²) in [6.07, 6.45) is 0.925. The summed E-state index contributed by atoms with van der Waals surface area (Å²) in [7, 11) is 0. The van der Waals surface area contributed by atoms with Crippen LogP contribution in [0, 0.1) is 6.92 Å². The topological polar surface area (TPSA) is 26.5 Å². The van der Waals surface area contributed by atoms with Crippen LogP contribution >= 0.6 is 15.9 Å². The number of nitrogens with zero attached hydrogens (tertiary/aromatic N) is 2. The van der Waals surface area contributed by atoms with Gasteiger partial charge in [-0.25, -0.2) is 4.98 Å². The van der Waals surface area contributed by atoms with E-state index >= 15 is 0 Å². The Bertz CT molecular complexity index is 533. The molecule has 0 saturated heterocycles. The van der Waals surface area contributed by atoms with Gasteiger partial charge in [0.1, 0.15) is 5.65 Å². The maximum absolute atomic E-state index is 5.48. The summed E-state index contributed by atoms with van der Waals surface area (Å²) in [4.78, 5) is 4.62. The molecule has 0 N–H and O–H groups in total. The van der Waals surface area contributed by atoms with Crippen molar-refractivity contribution in [1.82, 2.24) is 9.38 Å². The van der Waals surface area contributed by atoms with Crippen molar-refractivity contribution in [2.24, 2.45) is 0 Å². The van der Waals surface area contributed by atoms with Crippen molar-refractivity contribution in [3.63, 3.8) is 0 Å². The van der Waals surface area contributed by atoms with Crippen molar-refractivity contribution < 1.29 is 4.74 Å². The average molecular weight is 267 g/mol. The first-order valence-corrected chi connectivity index (χ1v) is 5.80. The molecule has 4 heteroatoms. The first kappa shape index (κ1) is 9.36. The van der Waals surface area contributed by atoms with Gasteiger partial charge in [0.25, 0.3) is 0 Å². The van der Waals surface area contributed by atoms with Gasteiger partial charge in [-0.1, -0.05) is 0 Å². The second-order valence-electron chi connectivity index (χ2n) is 3.77. The molecule has 0 bridgehead atoms. The Morgan fingerprint density at radius 2 is 2.33 bits per heavy atom. The Kier molecular flexibility index (Phi) is 2.07. The molecule has 1 aliphatic heterocycles. The molecule has 0 fully saturated rings. The molecule has 0 spiro atoms. The summed E-state index contributed by atoms with van der Waals surface area (Å²) >= 11 is 3.54. The molecule has 0 aliphatic carbocycles. The second-order valence-corrected chi connectivity index (χ2v) is 4.62. The lowest BCUT2D eigenvalue weighted by atomic mass is 10.2. The molecular weight excluding hydrogens is 256 g/mol. The molecule has 0 amide bonds. The summed E-state index contributed by atoms with van der Waals surface area (Å²) in [5, 5.41) is 0. The maximum atomic E-state index is 5.48. The summed E-state index contributed by atoms with van der Waals surface area (Å²) in [5.41, 5.74) is 4.59. The third kappa shape index (κ3) is 1.32. The minimum absolute atomic E-state index is 0.674. The quantitative estimate of drug-likeness (QED) is 0.733. The fourth-order valence-electron chi connectivity index (χ4n) is 2.07. The highest BCUT2D eigenvalue weighted by atomic mass is 79.9. The molecule has 0 atom stereocenters. The summed E-state index contributed by atoms with van der Waals surface area (Å²) < 4.78 is 8.77. The monoisotopic (exact) mass is 266 g/mol. The lowest BCUT2D eigenvalue weighted by Crippen LogP contribution is -2.11. The molecule has 15 heavy (non-hydrogen) atoms. The molecule has 3 heterocycles. The minimum Gasteiger partial charge on any atom is -0.375 e. The zero-order valence-electron chi connectivity index (χ0n) is 8.46. The van der Waals surface area contributed by atoms with Gasteiger partial charge >= 0.3 is 0 Å². The van der Waals surface area contributed by atoms with Crippen LogP contribution in [-0.4, -0.2) is 16.0 Å². The van der Waals surface area contributed by atoms with Crippen molar-refractivity contribution in [2.45, 2.75) is 20.0 Å². The number of fused-ring (bicyclic) bond motifs is 3. The van der Waals surface area contributed by atoms with Crippen molar-refractivity contribution in [3.8, 4) is 0 Å². The number of halogens is 1. The highest BCUT2D eigenvalue weighted by Gasteiger charge is 2.17. The van der Waals surface area contributed by atoms with E-state index in [4.69, 9.17) is 4.74 Å². The first-order valence-electron chi connectivity index (χ1n) is 5.00. The van der Waals surface area contributed by atoms with E-state index < -0.39 is 0 Å². The number of aromatic nitrogens is 2. The van der Waals surface area contributed by atoms with Crippen molar-refractivity contribution in [2.75, 3.05) is 6.61 Å². The van der Waals surface area contributed by atoms with E-state index in [1.54, 1.807) is 0 Å². The Morgan fingerprint density at radius 1 is 1.47 bits per heavy atom. The van der Waals surface area contributed by atoms with Crippen LogP contribution in [0.1, 0.15) is 17.1 Å². The number of ether oxygens (including phenoxy) is 1. The minimum atomic E-state index is 0.674. The molecule has 0 saturated carbocycles. The number of hydrogen-bond donors (Lipinski definition) is 0. The number of rotatable bonds is 0. The Morgan fingerprint density at radius 3 is 3.20 bits per heavy atom. The van der Waals surface area contributed by atoms with E-state index in [0.29, 0.717) is 6.61 Å². The van der Waals surface area contributed by atoms with Gasteiger partial charge in [-0.05, 0) is 35.0 Å². The Hall–Kier alpha value is -0.870. The molecule has 78 valence electrons. The van der Waals surface area contributed by atoms with E-state index in [9.17, 15) is 0 Å². The van der Waals surface area contributed by atoms with Crippen LogP contribution in [0.3, 0.4) is 0 Å². The van der Waals surface area contributed by atoms with Crippen molar-refractivity contribution in [3.05, 3.63) is 33.7 Å². The smallest absolute Gasteiger partial charge is 0.137 e. The summed E-state index contributed by atoms with van der Waals surface area (Å²) in [6.45, 7) is 3.55. The van der Waals surface area contributed by atoms with Gasteiger partial charge in [0.15, 0.2) is 0 Å². The van der Waals surface area contributed by atoms with Crippen LogP contribution in [0.5, 0.6) is 0 Å².